The highest BCUT2D eigenvalue weighted by Crippen LogP contribution is 2.33. The molecule has 11 heteroatoms. The van der Waals surface area contributed by atoms with Crippen LogP contribution in [-0.2, 0) is 14.8 Å². The van der Waals surface area contributed by atoms with Crippen molar-refractivity contribution >= 4 is 32.4 Å². The largest absolute Gasteiger partial charge is 0.434 e. The fraction of sp³-hybridized carbons (Fsp3) is 0.444. The van der Waals surface area contributed by atoms with E-state index in [1.807, 2.05) is 0 Å². The van der Waals surface area contributed by atoms with Crippen LogP contribution in [0.2, 0.25) is 0 Å². The van der Waals surface area contributed by atoms with Gasteiger partial charge in [0.1, 0.15) is 5.75 Å². The number of aromatic nitrogens is 1. The van der Waals surface area contributed by atoms with Crippen molar-refractivity contribution in [3.63, 3.8) is 0 Å². The van der Waals surface area contributed by atoms with E-state index >= 15 is 0 Å². The van der Waals surface area contributed by atoms with Crippen LogP contribution in [-0.4, -0.2) is 49.1 Å². The highest BCUT2D eigenvalue weighted by atomic mass is 32.2. The van der Waals surface area contributed by atoms with Gasteiger partial charge in [0.25, 0.3) is 0 Å². The minimum absolute atomic E-state index is 0.00943. The van der Waals surface area contributed by atoms with Crippen LogP contribution in [0.3, 0.4) is 0 Å². The van der Waals surface area contributed by atoms with Gasteiger partial charge >= 0.3 is 6.61 Å². The van der Waals surface area contributed by atoms with Crippen LogP contribution in [0.4, 0.5) is 13.9 Å². The van der Waals surface area contributed by atoms with E-state index in [0.717, 1.165) is 0 Å². The molecular formula is C18H21F2N3O4S2. The van der Waals surface area contributed by atoms with Gasteiger partial charge in [-0.15, -0.1) is 11.3 Å². The lowest BCUT2D eigenvalue weighted by Gasteiger charge is -2.30. The number of hydrogen-bond donors (Lipinski definition) is 1. The lowest BCUT2D eigenvalue weighted by atomic mass is 9.97. The number of amides is 1. The second kappa shape index (κ2) is 9.14. The lowest BCUT2D eigenvalue weighted by Crippen LogP contribution is -2.42. The van der Waals surface area contributed by atoms with Gasteiger partial charge in [0, 0.05) is 30.0 Å². The minimum Gasteiger partial charge on any atom is -0.434 e. The number of anilines is 1. The number of thiazole rings is 1. The molecule has 2 heterocycles. The Hall–Kier alpha value is -2.11. The Balaban J connectivity index is 1.63. The maximum atomic E-state index is 12.6. The zero-order chi connectivity index (χ0) is 21.0. The summed E-state index contributed by atoms with van der Waals surface area (Å²) < 4.78 is 54.9. The first-order chi connectivity index (χ1) is 13.8. The zero-order valence-corrected chi connectivity index (χ0v) is 17.3. The SMILES string of the molecule is CCS(=O)(=O)N1CCC(C(=O)Nc2nc(-c3ccccc3OC(F)F)cs2)CC1. The van der Waals surface area contributed by atoms with E-state index in [1.54, 1.807) is 30.5 Å². The fourth-order valence-corrected chi connectivity index (χ4v) is 4.96. The highest BCUT2D eigenvalue weighted by molar-refractivity contribution is 7.89. The monoisotopic (exact) mass is 445 g/mol. The first kappa shape index (κ1) is 21.6. The third-order valence-corrected chi connectivity index (χ3v) is 7.34. The third-order valence-electron chi connectivity index (χ3n) is 4.70. The van der Waals surface area contributed by atoms with Crippen LogP contribution in [0.25, 0.3) is 11.3 Å². The maximum absolute atomic E-state index is 12.6. The smallest absolute Gasteiger partial charge is 0.387 e. The summed E-state index contributed by atoms with van der Waals surface area (Å²) in [6.07, 6.45) is 0.878. The van der Waals surface area contributed by atoms with Crippen LogP contribution in [0, 0.1) is 5.92 Å². The Morgan fingerprint density at radius 2 is 2.03 bits per heavy atom. The van der Waals surface area contributed by atoms with E-state index < -0.39 is 16.6 Å². The normalized spacial score (nSPS) is 16.1. The van der Waals surface area contributed by atoms with Crippen LogP contribution < -0.4 is 10.1 Å². The molecule has 1 aromatic heterocycles. The molecule has 1 aliphatic heterocycles. The molecule has 3 rings (SSSR count). The predicted octanol–water partition coefficient (Wildman–Crippen LogP) is 3.41. The summed E-state index contributed by atoms with van der Waals surface area (Å²) in [7, 11) is -3.24. The van der Waals surface area contributed by atoms with E-state index in [2.05, 4.69) is 15.0 Å². The fourth-order valence-electron chi connectivity index (χ4n) is 3.12. The molecule has 1 aromatic carbocycles. The molecule has 0 aliphatic carbocycles. The van der Waals surface area contributed by atoms with Gasteiger partial charge in [-0.05, 0) is 31.9 Å². The second-order valence-corrected chi connectivity index (χ2v) is 9.59. The van der Waals surface area contributed by atoms with Crippen molar-refractivity contribution in [3.05, 3.63) is 29.6 Å². The Labute approximate surface area is 171 Å². The van der Waals surface area contributed by atoms with Gasteiger partial charge in [0.05, 0.1) is 11.4 Å². The van der Waals surface area contributed by atoms with Crippen LogP contribution in [0.5, 0.6) is 5.75 Å². The van der Waals surface area contributed by atoms with Crippen molar-refractivity contribution in [1.29, 1.82) is 0 Å². The molecule has 29 heavy (non-hydrogen) atoms. The molecule has 2 aromatic rings. The Kier molecular flexibility index (Phi) is 6.81. The number of carbonyl (C=O) groups is 1. The number of nitrogens with zero attached hydrogens (tertiary/aromatic N) is 2. The van der Waals surface area contributed by atoms with E-state index in [4.69, 9.17) is 0 Å². The summed E-state index contributed by atoms with van der Waals surface area (Å²) in [4.78, 5) is 16.8. The molecule has 1 amide bonds. The molecular weight excluding hydrogens is 424 g/mol. The molecule has 0 radical (unpaired) electrons. The number of alkyl halides is 2. The van der Waals surface area contributed by atoms with E-state index in [0.29, 0.717) is 42.3 Å². The number of sulfonamides is 1. The molecule has 0 saturated carbocycles. The Bertz CT molecular complexity index is 958. The number of ether oxygens (including phenoxy) is 1. The van der Waals surface area contributed by atoms with Crippen molar-refractivity contribution in [1.82, 2.24) is 9.29 Å². The van der Waals surface area contributed by atoms with E-state index in [9.17, 15) is 22.0 Å². The predicted molar refractivity (Wildman–Crippen MR) is 107 cm³/mol. The Morgan fingerprint density at radius 3 is 2.69 bits per heavy atom. The molecule has 0 bridgehead atoms. The van der Waals surface area contributed by atoms with Gasteiger partial charge in [0.2, 0.25) is 15.9 Å². The summed E-state index contributed by atoms with van der Waals surface area (Å²) in [5.74, 6) is -0.477. The highest BCUT2D eigenvalue weighted by Gasteiger charge is 2.30. The minimum atomic E-state index is -3.24. The topological polar surface area (TPSA) is 88.6 Å². The number of rotatable bonds is 7. The number of piperidine rings is 1. The quantitative estimate of drug-likeness (QED) is 0.706. The van der Waals surface area contributed by atoms with Gasteiger partial charge < -0.3 is 10.1 Å². The standard InChI is InChI=1S/C18H21F2N3O4S2/c1-2-29(25,26)23-9-7-12(8-10-23)16(24)22-18-21-14(11-28-18)13-5-3-4-6-15(13)27-17(19)20/h3-6,11-12,17H,2,7-10H2,1H3,(H,21,22,24). The summed E-state index contributed by atoms with van der Waals surface area (Å²) >= 11 is 1.18. The summed E-state index contributed by atoms with van der Waals surface area (Å²) in [5, 5.41) is 4.74. The molecule has 1 fully saturated rings. The number of nitrogens with one attached hydrogen (secondary N) is 1. The van der Waals surface area contributed by atoms with Crippen LogP contribution >= 0.6 is 11.3 Å². The third kappa shape index (κ3) is 5.28. The molecule has 1 saturated heterocycles. The van der Waals surface area contributed by atoms with Crippen molar-refractivity contribution in [2.24, 2.45) is 5.92 Å². The van der Waals surface area contributed by atoms with E-state index in [-0.39, 0.29) is 23.3 Å². The van der Waals surface area contributed by atoms with Crippen molar-refractivity contribution in [2.45, 2.75) is 26.4 Å². The zero-order valence-electron chi connectivity index (χ0n) is 15.7. The number of benzene rings is 1. The molecule has 1 aliphatic rings. The van der Waals surface area contributed by atoms with Crippen molar-refractivity contribution in [2.75, 3.05) is 24.2 Å². The summed E-state index contributed by atoms with van der Waals surface area (Å²) in [5.41, 5.74) is 0.827. The van der Waals surface area contributed by atoms with E-state index in [1.165, 1.54) is 21.7 Å². The van der Waals surface area contributed by atoms with Gasteiger partial charge in [-0.2, -0.15) is 8.78 Å². The number of halogens is 2. The van der Waals surface area contributed by atoms with Gasteiger partial charge in [-0.3, -0.25) is 4.79 Å². The average Bonchev–Trinajstić information content (AvgIpc) is 3.16. The lowest BCUT2D eigenvalue weighted by molar-refractivity contribution is -0.120. The van der Waals surface area contributed by atoms with Crippen LogP contribution in [0.15, 0.2) is 29.6 Å². The second-order valence-electron chi connectivity index (χ2n) is 6.48. The molecule has 0 atom stereocenters. The molecule has 158 valence electrons. The van der Waals surface area contributed by atoms with Gasteiger partial charge in [-0.1, -0.05) is 12.1 Å². The van der Waals surface area contributed by atoms with Crippen molar-refractivity contribution in [3.8, 4) is 17.0 Å². The summed E-state index contributed by atoms with van der Waals surface area (Å²) in [6, 6.07) is 6.31. The summed E-state index contributed by atoms with van der Waals surface area (Å²) in [6.45, 7) is -0.722. The number of hydrogen-bond acceptors (Lipinski definition) is 6. The number of para-hydroxylation sites is 1. The number of carbonyl (C=O) groups excluding carboxylic acids is 1. The van der Waals surface area contributed by atoms with Gasteiger partial charge in [-0.25, -0.2) is 17.7 Å². The molecule has 7 nitrogen and oxygen atoms in total. The van der Waals surface area contributed by atoms with Crippen molar-refractivity contribution < 1.29 is 26.7 Å². The molecule has 1 N–H and O–H groups in total. The molecule has 0 unspecified atom stereocenters. The van der Waals surface area contributed by atoms with Crippen LogP contribution in [0.1, 0.15) is 19.8 Å². The first-order valence-corrected chi connectivity index (χ1v) is 11.6. The molecule has 0 spiro atoms. The Morgan fingerprint density at radius 1 is 1.34 bits per heavy atom. The first-order valence-electron chi connectivity index (χ1n) is 9.08. The van der Waals surface area contributed by atoms with Gasteiger partial charge in [0.15, 0.2) is 5.13 Å². The average molecular weight is 446 g/mol. The maximum Gasteiger partial charge on any atom is 0.387 e.